The van der Waals surface area contributed by atoms with Crippen molar-refractivity contribution in [1.29, 1.82) is 0 Å². The Morgan fingerprint density at radius 1 is 1.32 bits per heavy atom. The smallest absolute Gasteiger partial charge is 0.403 e. The zero-order valence-corrected chi connectivity index (χ0v) is 12.8. The van der Waals surface area contributed by atoms with Gasteiger partial charge in [0, 0.05) is 12.8 Å². The predicted octanol–water partition coefficient (Wildman–Crippen LogP) is 1.52. The van der Waals surface area contributed by atoms with E-state index in [1.807, 2.05) is 38.9 Å². The van der Waals surface area contributed by atoms with Gasteiger partial charge in [0.2, 0.25) is 0 Å². The summed E-state index contributed by atoms with van der Waals surface area (Å²) in [6.45, 7) is 13.0. The molecule has 2 heterocycles. The predicted molar refractivity (Wildman–Crippen MR) is 76.2 cm³/mol. The number of hydrogen-bond donors (Lipinski definition) is 1. The average Bonchev–Trinajstić information content (AvgIpc) is 2.68. The van der Waals surface area contributed by atoms with Gasteiger partial charge in [0.15, 0.2) is 0 Å². The fourth-order valence-corrected chi connectivity index (χ4v) is 2.29. The summed E-state index contributed by atoms with van der Waals surface area (Å²) in [6, 6.07) is 0. The third-order valence-corrected chi connectivity index (χ3v) is 4.03. The Morgan fingerprint density at radius 3 is 2.32 bits per heavy atom. The number of rotatable bonds is 3. The Hall–Kier alpha value is -0.585. The van der Waals surface area contributed by atoms with Crippen LogP contribution in [-0.2, 0) is 9.31 Å². The first-order chi connectivity index (χ1) is 8.50. The minimum absolute atomic E-state index is 0.114. The van der Waals surface area contributed by atoms with Crippen LogP contribution in [0, 0.1) is 0 Å². The lowest BCUT2D eigenvalue weighted by atomic mass is 9.73. The lowest BCUT2D eigenvalue weighted by Crippen LogP contribution is -2.41. The van der Waals surface area contributed by atoms with Crippen molar-refractivity contribution in [2.24, 2.45) is 5.10 Å². The van der Waals surface area contributed by atoms with E-state index < -0.39 is 5.60 Å². The van der Waals surface area contributed by atoms with Gasteiger partial charge in [-0.15, -0.1) is 0 Å². The summed E-state index contributed by atoms with van der Waals surface area (Å²) < 4.78 is 12.0. The summed E-state index contributed by atoms with van der Waals surface area (Å²) in [7, 11) is -0.263. The van der Waals surface area contributed by atoms with Crippen molar-refractivity contribution >= 4 is 13.3 Å². The average molecular weight is 268 g/mol. The number of hydrazone groups is 1. The zero-order valence-electron chi connectivity index (χ0n) is 12.8. The molecule has 0 spiro atoms. The van der Waals surface area contributed by atoms with Gasteiger partial charge in [0.05, 0.1) is 29.2 Å². The van der Waals surface area contributed by atoms with Gasteiger partial charge in [0.25, 0.3) is 0 Å². The third-order valence-electron chi connectivity index (χ3n) is 4.03. The van der Waals surface area contributed by atoms with Gasteiger partial charge in [0.1, 0.15) is 0 Å². The van der Waals surface area contributed by atoms with E-state index >= 15 is 0 Å². The molecule has 6 heteroatoms. The van der Waals surface area contributed by atoms with Gasteiger partial charge >= 0.3 is 7.12 Å². The molecule has 2 rings (SSSR count). The summed E-state index contributed by atoms with van der Waals surface area (Å²) in [6.07, 6.45) is 1.87. The minimum Gasteiger partial charge on any atom is -0.403 e. The molecular formula is C13H25BN2O3. The molecule has 19 heavy (non-hydrogen) atoms. The van der Waals surface area contributed by atoms with E-state index in [0.29, 0.717) is 6.54 Å². The van der Waals surface area contributed by atoms with E-state index in [1.165, 1.54) is 0 Å². The first kappa shape index (κ1) is 14.8. The quantitative estimate of drug-likeness (QED) is 0.788. The van der Waals surface area contributed by atoms with E-state index in [1.54, 1.807) is 13.8 Å². The molecule has 0 saturated carbocycles. The second-order valence-corrected chi connectivity index (χ2v) is 7.21. The second-order valence-electron chi connectivity index (χ2n) is 7.21. The van der Waals surface area contributed by atoms with Gasteiger partial charge < -0.3 is 14.4 Å². The molecule has 0 radical (unpaired) electrons. The Balaban J connectivity index is 1.95. The van der Waals surface area contributed by atoms with Crippen LogP contribution in [0.15, 0.2) is 5.10 Å². The van der Waals surface area contributed by atoms with Crippen LogP contribution in [0.5, 0.6) is 0 Å². The van der Waals surface area contributed by atoms with Gasteiger partial charge in [-0.2, -0.15) is 5.10 Å². The maximum absolute atomic E-state index is 9.82. The van der Waals surface area contributed by atoms with Gasteiger partial charge in [-0.05, 0) is 41.5 Å². The molecule has 1 unspecified atom stereocenters. The highest BCUT2D eigenvalue weighted by Crippen LogP contribution is 2.40. The Bertz CT molecular complexity index is 361. The summed E-state index contributed by atoms with van der Waals surface area (Å²) in [5.41, 5.74) is -1.37. The van der Waals surface area contributed by atoms with E-state index in [9.17, 15) is 5.11 Å². The van der Waals surface area contributed by atoms with E-state index in [2.05, 4.69) is 5.10 Å². The SMILES string of the molecule is CC(C)(O)CN1CC(B2OC(C)(C)C(C)(C)O2)C=N1. The number of β-amino-alcohol motifs (C(OH)–C–C–N with tert-alkyl or cyclic N) is 1. The number of hydrogen-bond acceptors (Lipinski definition) is 5. The summed E-state index contributed by atoms with van der Waals surface area (Å²) >= 11 is 0. The summed E-state index contributed by atoms with van der Waals surface area (Å²) in [5, 5.41) is 16.0. The Morgan fingerprint density at radius 2 is 1.84 bits per heavy atom. The molecular weight excluding hydrogens is 243 g/mol. The van der Waals surface area contributed by atoms with Crippen molar-refractivity contribution in [2.75, 3.05) is 13.1 Å². The van der Waals surface area contributed by atoms with E-state index in [0.717, 1.165) is 6.54 Å². The molecule has 1 atom stereocenters. The minimum atomic E-state index is -0.748. The van der Waals surface area contributed by atoms with Gasteiger partial charge in [-0.25, -0.2) is 0 Å². The van der Waals surface area contributed by atoms with Crippen LogP contribution < -0.4 is 0 Å². The van der Waals surface area contributed by atoms with Crippen LogP contribution in [0.25, 0.3) is 0 Å². The Labute approximate surface area is 116 Å². The normalized spacial score (nSPS) is 29.3. The monoisotopic (exact) mass is 268 g/mol. The zero-order chi connectivity index (χ0) is 14.5. The van der Waals surface area contributed by atoms with Crippen LogP contribution in [-0.4, -0.2) is 53.3 Å². The molecule has 2 aliphatic rings. The highest BCUT2D eigenvalue weighted by atomic mass is 16.7. The first-order valence-electron chi connectivity index (χ1n) is 6.87. The number of aliphatic hydroxyl groups is 1. The van der Waals surface area contributed by atoms with Crippen molar-refractivity contribution in [3.8, 4) is 0 Å². The maximum atomic E-state index is 9.82. The fourth-order valence-electron chi connectivity index (χ4n) is 2.29. The maximum Gasteiger partial charge on any atom is 0.468 e. The lowest BCUT2D eigenvalue weighted by molar-refractivity contribution is 0.00578. The summed E-state index contributed by atoms with van der Waals surface area (Å²) in [5.74, 6) is 0.114. The van der Waals surface area contributed by atoms with Crippen molar-refractivity contribution in [3.05, 3.63) is 0 Å². The molecule has 0 aliphatic carbocycles. The fraction of sp³-hybridized carbons (Fsp3) is 0.923. The van der Waals surface area contributed by atoms with Crippen LogP contribution in [0.3, 0.4) is 0 Å². The van der Waals surface area contributed by atoms with Crippen molar-refractivity contribution in [2.45, 2.75) is 64.2 Å². The first-order valence-corrected chi connectivity index (χ1v) is 6.87. The molecule has 0 aromatic heterocycles. The highest BCUT2D eigenvalue weighted by molar-refractivity contribution is 6.52. The third kappa shape index (κ3) is 3.12. The van der Waals surface area contributed by atoms with E-state index in [-0.39, 0.29) is 24.1 Å². The van der Waals surface area contributed by atoms with Crippen LogP contribution >= 0.6 is 0 Å². The topological polar surface area (TPSA) is 54.3 Å². The molecule has 5 nitrogen and oxygen atoms in total. The highest BCUT2D eigenvalue weighted by Gasteiger charge is 2.54. The van der Waals surface area contributed by atoms with Crippen LogP contribution in [0.4, 0.5) is 0 Å². The Kier molecular flexibility index (Phi) is 3.48. The molecule has 0 bridgehead atoms. The molecule has 1 saturated heterocycles. The van der Waals surface area contributed by atoms with Crippen LogP contribution in [0.1, 0.15) is 41.5 Å². The molecule has 1 N–H and O–H groups in total. The van der Waals surface area contributed by atoms with Crippen molar-refractivity contribution < 1.29 is 14.4 Å². The van der Waals surface area contributed by atoms with Gasteiger partial charge in [-0.3, -0.25) is 5.01 Å². The largest absolute Gasteiger partial charge is 0.468 e. The molecule has 0 amide bonds. The molecule has 0 aromatic rings. The van der Waals surface area contributed by atoms with Crippen molar-refractivity contribution in [3.63, 3.8) is 0 Å². The summed E-state index contributed by atoms with van der Waals surface area (Å²) in [4.78, 5) is 0. The van der Waals surface area contributed by atoms with Crippen molar-refractivity contribution in [1.82, 2.24) is 5.01 Å². The standard InChI is InChI=1S/C13H25BN2O3/c1-11(2,17)9-16-8-10(7-15-16)14-18-12(3,4)13(5,6)19-14/h7,10,17H,8-9H2,1-6H3. The molecule has 0 aromatic carbocycles. The van der Waals surface area contributed by atoms with Crippen LogP contribution in [0.2, 0.25) is 5.82 Å². The molecule has 1 fully saturated rings. The van der Waals surface area contributed by atoms with Gasteiger partial charge in [-0.1, -0.05) is 0 Å². The molecule has 108 valence electrons. The lowest BCUT2D eigenvalue weighted by Gasteiger charge is -2.32. The molecule has 2 aliphatic heterocycles. The second kappa shape index (κ2) is 4.47. The van der Waals surface area contributed by atoms with E-state index in [4.69, 9.17) is 9.31 Å². The number of nitrogens with zero attached hydrogens (tertiary/aromatic N) is 2.